The van der Waals surface area contributed by atoms with Gasteiger partial charge in [-0.05, 0) is 18.8 Å². The van der Waals surface area contributed by atoms with Gasteiger partial charge < -0.3 is 21.5 Å². The molecule has 0 aromatic rings. The Kier molecular flexibility index (Phi) is 5.41. The molecule has 1 aliphatic carbocycles. The Labute approximate surface area is 105 Å². The van der Waals surface area contributed by atoms with Crippen LogP contribution in [0.3, 0.4) is 0 Å². The minimum absolute atomic E-state index is 0.000706. The van der Waals surface area contributed by atoms with Gasteiger partial charge in [-0.1, -0.05) is 12.8 Å². The third-order valence-corrected chi connectivity index (χ3v) is 2.82. The fourth-order valence-corrected chi connectivity index (χ4v) is 1.55. The lowest BCUT2D eigenvalue weighted by Crippen LogP contribution is -2.46. The van der Waals surface area contributed by atoms with Gasteiger partial charge in [-0.2, -0.15) is 0 Å². The van der Waals surface area contributed by atoms with E-state index in [1.807, 2.05) is 0 Å². The van der Waals surface area contributed by atoms with Crippen molar-refractivity contribution in [2.24, 2.45) is 11.7 Å². The topological polar surface area (TPSA) is 122 Å². The largest absolute Gasteiger partial charge is 0.480 e. The zero-order chi connectivity index (χ0) is 13.5. The number of urea groups is 1. The number of carbonyl (C=O) groups is 3. The molecular weight excluding hydrogens is 238 g/mol. The molecule has 7 heteroatoms. The third-order valence-electron chi connectivity index (χ3n) is 2.82. The van der Waals surface area contributed by atoms with Gasteiger partial charge in [0, 0.05) is 13.0 Å². The predicted molar refractivity (Wildman–Crippen MR) is 63.7 cm³/mol. The Balaban J connectivity index is 2.22. The first-order valence-corrected chi connectivity index (χ1v) is 6.04. The van der Waals surface area contributed by atoms with Crippen LogP contribution in [-0.4, -0.2) is 35.6 Å². The van der Waals surface area contributed by atoms with Crippen LogP contribution in [0.2, 0.25) is 0 Å². The molecule has 102 valence electrons. The zero-order valence-electron chi connectivity index (χ0n) is 10.1. The summed E-state index contributed by atoms with van der Waals surface area (Å²) in [6.07, 6.45) is 3.27. The van der Waals surface area contributed by atoms with Crippen molar-refractivity contribution in [2.75, 3.05) is 6.54 Å². The van der Waals surface area contributed by atoms with Crippen molar-refractivity contribution >= 4 is 17.9 Å². The average Bonchev–Trinajstić information content (AvgIpc) is 3.07. The van der Waals surface area contributed by atoms with Crippen molar-refractivity contribution in [3.05, 3.63) is 0 Å². The second-order valence-corrected chi connectivity index (χ2v) is 4.53. The molecule has 0 aliphatic heterocycles. The van der Waals surface area contributed by atoms with Gasteiger partial charge >= 0.3 is 12.0 Å². The molecule has 0 aromatic carbocycles. The molecule has 18 heavy (non-hydrogen) atoms. The van der Waals surface area contributed by atoms with Crippen LogP contribution in [0.25, 0.3) is 0 Å². The molecule has 7 nitrogen and oxygen atoms in total. The molecule has 1 unspecified atom stereocenters. The monoisotopic (exact) mass is 257 g/mol. The van der Waals surface area contributed by atoms with Crippen LogP contribution in [-0.2, 0) is 9.59 Å². The normalized spacial score (nSPS) is 15.8. The second-order valence-electron chi connectivity index (χ2n) is 4.53. The van der Waals surface area contributed by atoms with Gasteiger partial charge in [-0.15, -0.1) is 0 Å². The summed E-state index contributed by atoms with van der Waals surface area (Å²) in [6, 6.07) is -1.61. The predicted octanol–water partition coefficient (Wildman–Crippen LogP) is -0.196. The minimum Gasteiger partial charge on any atom is -0.480 e. The molecule has 0 spiro atoms. The van der Waals surface area contributed by atoms with Crippen LogP contribution in [0.4, 0.5) is 4.79 Å². The number of nitrogens with one attached hydrogen (secondary N) is 2. The molecule has 5 N–H and O–H groups in total. The molecule has 0 heterocycles. The first kappa shape index (κ1) is 14.3. The van der Waals surface area contributed by atoms with E-state index in [9.17, 15) is 14.4 Å². The van der Waals surface area contributed by atoms with Gasteiger partial charge in [-0.25, -0.2) is 9.59 Å². The highest BCUT2D eigenvalue weighted by molar-refractivity contribution is 5.83. The highest BCUT2D eigenvalue weighted by Gasteiger charge is 2.22. The summed E-state index contributed by atoms with van der Waals surface area (Å²) in [5.41, 5.74) is 4.93. The summed E-state index contributed by atoms with van der Waals surface area (Å²) in [5, 5.41) is 13.8. The van der Waals surface area contributed by atoms with E-state index in [0.29, 0.717) is 12.5 Å². The summed E-state index contributed by atoms with van der Waals surface area (Å²) < 4.78 is 0. The van der Waals surface area contributed by atoms with E-state index in [1.165, 1.54) is 12.8 Å². The molecule has 0 bridgehead atoms. The molecule has 0 aromatic heterocycles. The molecule has 0 radical (unpaired) electrons. The number of carboxylic acids is 1. The Hall–Kier alpha value is -1.79. The number of amides is 3. The van der Waals surface area contributed by atoms with E-state index < -0.39 is 23.9 Å². The Morgan fingerprint density at radius 1 is 1.33 bits per heavy atom. The average molecular weight is 257 g/mol. The van der Waals surface area contributed by atoms with E-state index in [1.54, 1.807) is 0 Å². The number of aliphatic carboxylic acids is 1. The van der Waals surface area contributed by atoms with Crippen molar-refractivity contribution in [3.63, 3.8) is 0 Å². The zero-order valence-corrected chi connectivity index (χ0v) is 10.1. The fraction of sp³-hybridized carbons (Fsp3) is 0.727. The molecule has 1 rings (SSSR count). The van der Waals surface area contributed by atoms with Crippen LogP contribution >= 0.6 is 0 Å². The number of hydrogen-bond donors (Lipinski definition) is 4. The van der Waals surface area contributed by atoms with Crippen molar-refractivity contribution < 1.29 is 19.5 Å². The lowest BCUT2D eigenvalue weighted by Gasteiger charge is -2.14. The number of hydrogen-bond acceptors (Lipinski definition) is 3. The van der Waals surface area contributed by atoms with Gasteiger partial charge in [0.05, 0.1) is 0 Å². The number of rotatable bonds is 8. The maximum Gasteiger partial charge on any atom is 0.326 e. The van der Waals surface area contributed by atoms with E-state index >= 15 is 0 Å². The molecule has 3 amide bonds. The summed E-state index contributed by atoms with van der Waals surface area (Å²) in [5.74, 6) is -1.05. The van der Waals surface area contributed by atoms with Crippen molar-refractivity contribution in [2.45, 2.75) is 38.1 Å². The first-order valence-electron chi connectivity index (χ1n) is 6.04. The number of carbonyl (C=O) groups excluding carboxylic acids is 2. The minimum atomic E-state index is -1.17. The summed E-state index contributed by atoms with van der Waals surface area (Å²) in [4.78, 5) is 32.8. The van der Waals surface area contributed by atoms with Crippen LogP contribution in [0.15, 0.2) is 0 Å². The SMILES string of the molecule is NC(=O)CCC(NC(=O)NCCC1CC1)C(=O)O. The molecule has 1 saturated carbocycles. The van der Waals surface area contributed by atoms with Crippen LogP contribution in [0, 0.1) is 5.92 Å². The van der Waals surface area contributed by atoms with Gasteiger partial charge in [0.25, 0.3) is 0 Å². The van der Waals surface area contributed by atoms with Gasteiger partial charge in [0.1, 0.15) is 6.04 Å². The lowest BCUT2D eigenvalue weighted by molar-refractivity contribution is -0.139. The third kappa shape index (κ3) is 6.07. The Morgan fingerprint density at radius 3 is 2.50 bits per heavy atom. The first-order chi connectivity index (χ1) is 8.49. The second kappa shape index (κ2) is 6.83. The maximum atomic E-state index is 11.4. The Bertz CT molecular complexity index is 328. The lowest BCUT2D eigenvalue weighted by atomic mass is 10.1. The van der Waals surface area contributed by atoms with Crippen LogP contribution in [0.5, 0.6) is 0 Å². The number of nitrogens with two attached hydrogens (primary N) is 1. The molecule has 1 fully saturated rings. The number of carboxylic acid groups (broad SMARTS) is 1. The van der Waals surface area contributed by atoms with Crippen LogP contribution in [0.1, 0.15) is 32.1 Å². The highest BCUT2D eigenvalue weighted by atomic mass is 16.4. The summed E-state index contributed by atoms with van der Waals surface area (Å²) in [7, 11) is 0. The van der Waals surface area contributed by atoms with Gasteiger partial charge in [-0.3, -0.25) is 4.79 Å². The highest BCUT2D eigenvalue weighted by Crippen LogP contribution is 2.31. The van der Waals surface area contributed by atoms with E-state index in [2.05, 4.69) is 10.6 Å². The fourth-order valence-electron chi connectivity index (χ4n) is 1.55. The molecular formula is C11H19N3O4. The van der Waals surface area contributed by atoms with E-state index in [-0.39, 0.29) is 12.8 Å². The number of primary amides is 1. The standard InChI is InChI=1S/C11H19N3O4/c12-9(15)4-3-8(10(16)17)14-11(18)13-6-5-7-1-2-7/h7-8H,1-6H2,(H2,12,15)(H,16,17)(H2,13,14,18). The van der Waals surface area contributed by atoms with Crippen LogP contribution < -0.4 is 16.4 Å². The van der Waals surface area contributed by atoms with E-state index in [4.69, 9.17) is 10.8 Å². The van der Waals surface area contributed by atoms with Crippen molar-refractivity contribution in [1.29, 1.82) is 0 Å². The van der Waals surface area contributed by atoms with Gasteiger partial charge in [0.15, 0.2) is 0 Å². The van der Waals surface area contributed by atoms with Crippen molar-refractivity contribution in [3.8, 4) is 0 Å². The summed E-state index contributed by atoms with van der Waals surface area (Å²) in [6.45, 7) is 0.540. The quantitative estimate of drug-likeness (QED) is 0.481. The molecule has 1 aliphatic rings. The van der Waals surface area contributed by atoms with Gasteiger partial charge in [0.2, 0.25) is 5.91 Å². The van der Waals surface area contributed by atoms with E-state index in [0.717, 1.165) is 6.42 Å². The summed E-state index contributed by atoms with van der Waals surface area (Å²) >= 11 is 0. The molecule has 1 atom stereocenters. The smallest absolute Gasteiger partial charge is 0.326 e. The molecule has 0 saturated heterocycles. The maximum absolute atomic E-state index is 11.4. The van der Waals surface area contributed by atoms with Crippen molar-refractivity contribution in [1.82, 2.24) is 10.6 Å². The Morgan fingerprint density at radius 2 is 2.00 bits per heavy atom.